The SMILES string of the molecule is CC(C)(CNc1ccc(N)c(F)c1)c1ccc[nH]1. The summed E-state index contributed by atoms with van der Waals surface area (Å²) < 4.78 is 13.3. The minimum atomic E-state index is -0.391. The predicted octanol–water partition coefficient (Wildman–Crippen LogP) is 3.13. The van der Waals surface area contributed by atoms with Crippen molar-refractivity contribution in [2.45, 2.75) is 19.3 Å². The van der Waals surface area contributed by atoms with Crippen molar-refractivity contribution in [3.63, 3.8) is 0 Å². The van der Waals surface area contributed by atoms with Gasteiger partial charge in [0.05, 0.1) is 5.69 Å². The highest BCUT2D eigenvalue weighted by molar-refractivity contribution is 5.52. The molecule has 0 fully saturated rings. The van der Waals surface area contributed by atoms with Crippen LogP contribution in [0.5, 0.6) is 0 Å². The molecule has 0 saturated carbocycles. The first kappa shape index (κ1) is 12.5. The van der Waals surface area contributed by atoms with Gasteiger partial charge in [0.2, 0.25) is 0 Å². The van der Waals surface area contributed by atoms with E-state index in [-0.39, 0.29) is 11.1 Å². The molecule has 1 heterocycles. The van der Waals surface area contributed by atoms with Crippen LogP contribution in [0.2, 0.25) is 0 Å². The lowest BCUT2D eigenvalue weighted by molar-refractivity contribution is 0.541. The van der Waals surface area contributed by atoms with Crippen LogP contribution < -0.4 is 11.1 Å². The number of halogens is 1. The molecule has 0 unspecified atom stereocenters. The first-order valence-corrected chi connectivity index (χ1v) is 5.92. The Balaban J connectivity index is 2.05. The Bertz CT molecular complexity index is 518. The van der Waals surface area contributed by atoms with E-state index in [1.54, 1.807) is 12.1 Å². The molecular weight excluding hydrogens is 229 g/mol. The van der Waals surface area contributed by atoms with Gasteiger partial charge < -0.3 is 16.0 Å². The van der Waals surface area contributed by atoms with Crippen LogP contribution in [-0.4, -0.2) is 11.5 Å². The zero-order valence-corrected chi connectivity index (χ0v) is 10.6. The summed E-state index contributed by atoms with van der Waals surface area (Å²) in [7, 11) is 0. The van der Waals surface area contributed by atoms with Crippen molar-refractivity contribution in [1.29, 1.82) is 0 Å². The van der Waals surface area contributed by atoms with Crippen LogP contribution in [0, 0.1) is 5.82 Å². The van der Waals surface area contributed by atoms with Crippen LogP contribution in [0.25, 0.3) is 0 Å². The smallest absolute Gasteiger partial charge is 0.148 e. The van der Waals surface area contributed by atoms with Crippen molar-refractivity contribution < 1.29 is 4.39 Å². The quantitative estimate of drug-likeness (QED) is 0.727. The van der Waals surface area contributed by atoms with Crippen LogP contribution in [0.4, 0.5) is 15.8 Å². The Morgan fingerprint density at radius 1 is 1.33 bits per heavy atom. The molecule has 4 N–H and O–H groups in total. The standard InChI is InChI=1S/C14H18FN3/c1-14(2,13-4-3-7-17-13)9-18-10-5-6-12(16)11(15)8-10/h3-8,17-18H,9,16H2,1-2H3. The second-order valence-corrected chi connectivity index (χ2v) is 5.06. The van der Waals surface area contributed by atoms with Crippen molar-refractivity contribution in [2.24, 2.45) is 0 Å². The van der Waals surface area contributed by atoms with Crippen molar-refractivity contribution in [1.82, 2.24) is 4.98 Å². The highest BCUT2D eigenvalue weighted by atomic mass is 19.1. The number of nitrogen functional groups attached to an aromatic ring is 1. The third-order valence-electron chi connectivity index (χ3n) is 3.06. The van der Waals surface area contributed by atoms with E-state index in [0.717, 1.165) is 11.4 Å². The molecule has 1 aromatic heterocycles. The molecule has 0 saturated heterocycles. The van der Waals surface area contributed by atoms with Crippen molar-refractivity contribution >= 4 is 11.4 Å². The van der Waals surface area contributed by atoms with E-state index < -0.39 is 5.82 Å². The van der Waals surface area contributed by atoms with Crippen LogP contribution >= 0.6 is 0 Å². The van der Waals surface area contributed by atoms with Gasteiger partial charge in [-0.05, 0) is 30.3 Å². The van der Waals surface area contributed by atoms with Gasteiger partial charge in [-0.25, -0.2) is 4.39 Å². The first-order valence-electron chi connectivity index (χ1n) is 5.92. The minimum absolute atomic E-state index is 0.0542. The van der Waals surface area contributed by atoms with Gasteiger partial charge in [0.25, 0.3) is 0 Å². The Morgan fingerprint density at radius 2 is 2.11 bits per heavy atom. The molecule has 1 aromatic carbocycles. The van der Waals surface area contributed by atoms with E-state index in [4.69, 9.17) is 5.73 Å². The molecule has 0 radical (unpaired) electrons. The number of aromatic nitrogens is 1. The maximum Gasteiger partial charge on any atom is 0.148 e. The zero-order chi connectivity index (χ0) is 13.2. The molecule has 0 aliphatic carbocycles. The van der Waals surface area contributed by atoms with Gasteiger partial charge in [-0.3, -0.25) is 0 Å². The van der Waals surface area contributed by atoms with Crippen molar-refractivity contribution in [2.75, 3.05) is 17.6 Å². The Labute approximate surface area is 106 Å². The zero-order valence-electron chi connectivity index (χ0n) is 10.6. The number of rotatable bonds is 4. The van der Waals surface area contributed by atoms with Crippen LogP contribution in [0.15, 0.2) is 36.5 Å². The molecule has 18 heavy (non-hydrogen) atoms. The normalized spacial score (nSPS) is 11.5. The highest BCUT2D eigenvalue weighted by Crippen LogP contribution is 2.23. The summed E-state index contributed by atoms with van der Waals surface area (Å²) in [4.78, 5) is 3.20. The third-order valence-corrected chi connectivity index (χ3v) is 3.06. The largest absolute Gasteiger partial charge is 0.396 e. The molecule has 0 bridgehead atoms. The monoisotopic (exact) mass is 247 g/mol. The molecule has 3 nitrogen and oxygen atoms in total. The van der Waals surface area contributed by atoms with E-state index in [2.05, 4.69) is 24.1 Å². The summed E-state index contributed by atoms with van der Waals surface area (Å²) in [5, 5.41) is 3.23. The number of hydrogen-bond acceptors (Lipinski definition) is 2. The van der Waals surface area contributed by atoms with Gasteiger partial charge in [-0.15, -0.1) is 0 Å². The Morgan fingerprint density at radius 3 is 2.72 bits per heavy atom. The number of nitrogens with one attached hydrogen (secondary N) is 2. The lowest BCUT2D eigenvalue weighted by Crippen LogP contribution is -2.28. The van der Waals surface area contributed by atoms with Gasteiger partial charge in [0.1, 0.15) is 5.82 Å². The number of nitrogens with two attached hydrogens (primary N) is 1. The summed E-state index contributed by atoms with van der Waals surface area (Å²) in [6.07, 6.45) is 1.90. The molecule has 0 aliphatic heterocycles. The highest BCUT2D eigenvalue weighted by Gasteiger charge is 2.21. The third kappa shape index (κ3) is 2.64. The van der Waals surface area contributed by atoms with Crippen LogP contribution in [0.3, 0.4) is 0 Å². The predicted molar refractivity (Wildman–Crippen MR) is 73.1 cm³/mol. The molecule has 0 spiro atoms. The Kier molecular flexibility index (Phi) is 3.28. The van der Waals surface area contributed by atoms with E-state index in [9.17, 15) is 4.39 Å². The van der Waals surface area contributed by atoms with Gasteiger partial charge in [0, 0.05) is 29.5 Å². The van der Waals surface area contributed by atoms with Crippen molar-refractivity contribution in [3.8, 4) is 0 Å². The summed E-state index contributed by atoms with van der Waals surface area (Å²) in [5.41, 5.74) is 7.44. The van der Waals surface area contributed by atoms with Crippen LogP contribution in [0.1, 0.15) is 19.5 Å². The molecule has 0 atom stereocenters. The molecule has 4 heteroatoms. The molecule has 2 aromatic rings. The average molecular weight is 247 g/mol. The minimum Gasteiger partial charge on any atom is -0.396 e. The molecular formula is C14H18FN3. The second-order valence-electron chi connectivity index (χ2n) is 5.06. The van der Waals surface area contributed by atoms with E-state index in [1.165, 1.54) is 6.07 Å². The first-order chi connectivity index (χ1) is 8.49. The average Bonchev–Trinajstić information content (AvgIpc) is 2.85. The second kappa shape index (κ2) is 4.72. The summed E-state index contributed by atoms with van der Waals surface area (Å²) in [5.74, 6) is -0.391. The number of aromatic amines is 1. The fraction of sp³-hybridized carbons (Fsp3) is 0.286. The van der Waals surface area contributed by atoms with Gasteiger partial charge in [0.15, 0.2) is 0 Å². The molecule has 2 rings (SSSR count). The summed E-state index contributed by atoms with van der Waals surface area (Å²) >= 11 is 0. The lowest BCUT2D eigenvalue weighted by atomic mass is 9.89. The summed E-state index contributed by atoms with van der Waals surface area (Å²) in [6.45, 7) is 4.95. The molecule has 0 aliphatic rings. The molecule has 96 valence electrons. The van der Waals surface area contributed by atoms with Crippen LogP contribution in [-0.2, 0) is 5.41 Å². The van der Waals surface area contributed by atoms with Crippen molar-refractivity contribution in [3.05, 3.63) is 48.0 Å². The number of H-pyrrole nitrogens is 1. The van der Waals surface area contributed by atoms with Gasteiger partial charge in [-0.2, -0.15) is 0 Å². The van der Waals surface area contributed by atoms with Gasteiger partial charge in [-0.1, -0.05) is 13.8 Å². The molecule has 0 amide bonds. The number of anilines is 2. The lowest BCUT2D eigenvalue weighted by Gasteiger charge is -2.24. The Hall–Kier alpha value is -1.97. The fourth-order valence-corrected chi connectivity index (χ4v) is 1.81. The van der Waals surface area contributed by atoms with Gasteiger partial charge >= 0.3 is 0 Å². The van der Waals surface area contributed by atoms with E-state index in [1.807, 2.05) is 18.3 Å². The van der Waals surface area contributed by atoms with E-state index >= 15 is 0 Å². The van der Waals surface area contributed by atoms with E-state index in [0.29, 0.717) is 6.54 Å². The maximum absolute atomic E-state index is 13.3. The fourth-order valence-electron chi connectivity index (χ4n) is 1.81. The summed E-state index contributed by atoms with van der Waals surface area (Å²) in [6, 6.07) is 8.79. The topological polar surface area (TPSA) is 53.8 Å². The number of benzene rings is 1. The number of hydrogen-bond donors (Lipinski definition) is 3. The maximum atomic E-state index is 13.3.